The van der Waals surface area contributed by atoms with Gasteiger partial charge in [0.25, 0.3) is 0 Å². The van der Waals surface area contributed by atoms with Gasteiger partial charge in [-0.25, -0.2) is 4.98 Å². The zero-order chi connectivity index (χ0) is 12.4. The molecular weight excluding hydrogens is 244 g/mol. The van der Waals surface area contributed by atoms with E-state index in [0.717, 1.165) is 16.6 Å². The van der Waals surface area contributed by atoms with Crippen molar-refractivity contribution in [1.82, 2.24) is 9.97 Å². The van der Waals surface area contributed by atoms with E-state index in [9.17, 15) is 5.11 Å². The zero-order valence-electron chi connectivity index (χ0n) is 9.65. The van der Waals surface area contributed by atoms with Crippen LogP contribution in [0.15, 0.2) is 47.3 Å². The average Bonchev–Trinajstić information content (AvgIpc) is 2.91. The van der Waals surface area contributed by atoms with Crippen molar-refractivity contribution in [1.29, 1.82) is 0 Å². The van der Waals surface area contributed by atoms with E-state index >= 15 is 0 Å². The van der Waals surface area contributed by atoms with Crippen molar-refractivity contribution in [3.8, 4) is 0 Å². The number of aliphatic hydroxyl groups excluding tert-OH is 1. The van der Waals surface area contributed by atoms with Crippen LogP contribution in [0.25, 0.3) is 11.0 Å². The zero-order valence-corrected chi connectivity index (χ0v) is 10.5. The molecule has 0 bridgehead atoms. The van der Waals surface area contributed by atoms with E-state index in [0.29, 0.717) is 12.1 Å². The Balaban J connectivity index is 1.89. The highest BCUT2D eigenvalue weighted by molar-refractivity contribution is 7.07. The molecule has 3 aromatic rings. The predicted molar refractivity (Wildman–Crippen MR) is 72.5 cm³/mol. The van der Waals surface area contributed by atoms with Gasteiger partial charge in [0, 0.05) is 6.42 Å². The Bertz CT molecular complexity index is 652. The van der Waals surface area contributed by atoms with E-state index in [1.807, 2.05) is 41.1 Å². The fraction of sp³-hybridized carbons (Fsp3) is 0.143. The van der Waals surface area contributed by atoms with E-state index < -0.39 is 6.10 Å². The minimum absolute atomic E-state index is 0.580. The minimum Gasteiger partial charge on any atom is -0.386 e. The highest BCUT2D eigenvalue weighted by Gasteiger charge is 2.11. The molecule has 0 saturated heterocycles. The van der Waals surface area contributed by atoms with E-state index in [1.165, 1.54) is 0 Å². The molecule has 0 fully saturated rings. The molecule has 0 amide bonds. The number of benzene rings is 1. The molecule has 1 N–H and O–H groups in total. The van der Waals surface area contributed by atoms with E-state index in [-0.39, 0.29) is 0 Å². The summed E-state index contributed by atoms with van der Waals surface area (Å²) >= 11 is 1.63. The largest absolute Gasteiger partial charge is 0.386 e. The van der Waals surface area contributed by atoms with Gasteiger partial charge in [0.2, 0.25) is 0 Å². The fourth-order valence-electron chi connectivity index (χ4n) is 1.87. The first-order valence-corrected chi connectivity index (χ1v) is 6.68. The van der Waals surface area contributed by atoms with Crippen LogP contribution in [0.4, 0.5) is 0 Å². The number of rotatable bonds is 3. The second kappa shape index (κ2) is 4.84. The molecule has 2 aromatic heterocycles. The number of fused-ring (bicyclic) bond motifs is 1. The lowest BCUT2D eigenvalue weighted by atomic mass is 10.1. The van der Waals surface area contributed by atoms with Gasteiger partial charge in [-0.2, -0.15) is 11.3 Å². The third-order valence-electron chi connectivity index (χ3n) is 2.82. The van der Waals surface area contributed by atoms with Crippen molar-refractivity contribution < 1.29 is 5.11 Å². The van der Waals surface area contributed by atoms with Crippen LogP contribution in [-0.4, -0.2) is 15.1 Å². The van der Waals surface area contributed by atoms with E-state index in [1.54, 1.807) is 17.5 Å². The minimum atomic E-state index is -0.600. The summed E-state index contributed by atoms with van der Waals surface area (Å²) in [5.74, 6) is 0. The summed E-state index contributed by atoms with van der Waals surface area (Å²) in [5, 5.41) is 14.2. The van der Waals surface area contributed by atoms with Gasteiger partial charge < -0.3 is 5.11 Å². The standard InChI is InChI=1S/C14H12N2OS/c17-14(7-10-5-6-18-9-10)13-8-15-11-3-1-2-4-12(11)16-13/h1-6,8-9,14,17H,7H2. The van der Waals surface area contributed by atoms with Crippen molar-refractivity contribution in [2.75, 3.05) is 0 Å². The Morgan fingerprint density at radius 3 is 2.78 bits per heavy atom. The molecule has 0 spiro atoms. The SMILES string of the molecule is OC(Cc1ccsc1)c1cnc2ccccc2n1. The lowest BCUT2D eigenvalue weighted by Crippen LogP contribution is -2.04. The summed E-state index contributed by atoms with van der Waals surface area (Å²) < 4.78 is 0. The average molecular weight is 256 g/mol. The number of para-hydroxylation sites is 2. The maximum Gasteiger partial charge on any atom is 0.102 e. The number of nitrogens with zero attached hydrogens (tertiary/aromatic N) is 2. The molecule has 2 heterocycles. The summed E-state index contributed by atoms with van der Waals surface area (Å²) in [7, 11) is 0. The van der Waals surface area contributed by atoms with Crippen LogP contribution in [0.5, 0.6) is 0 Å². The number of aromatic nitrogens is 2. The first-order chi connectivity index (χ1) is 8.83. The van der Waals surface area contributed by atoms with Crippen LogP contribution in [0.2, 0.25) is 0 Å². The number of aliphatic hydroxyl groups is 1. The second-order valence-corrected chi connectivity index (χ2v) is 4.92. The quantitative estimate of drug-likeness (QED) is 0.783. The molecule has 0 radical (unpaired) electrons. The summed E-state index contributed by atoms with van der Waals surface area (Å²) in [6.07, 6.45) is 1.63. The smallest absolute Gasteiger partial charge is 0.102 e. The van der Waals surface area contributed by atoms with Gasteiger partial charge in [-0.3, -0.25) is 4.98 Å². The lowest BCUT2D eigenvalue weighted by molar-refractivity contribution is 0.173. The molecule has 0 aliphatic rings. The van der Waals surface area contributed by atoms with Crippen molar-refractivity contribution in [3.63, 3.8) is 0 Å². The summed E-state index contributed by atoms with van der Waals surface area (Å²) in [5.41, 5.74) is 3.42. The normalized spacial score (nSPS) is 12.7. The van der Waals surface area contributed by atoms with Crippen molar-refractivity contribution >= 4 is 22.4 Å². The molecule has 3 nitrogen and oxygen atoms in total. The van der Waals surface area contributed by atoms with Crippen LogP contribution in [0.3, 0.4) is 0 Å². The van der Waals surface area contributed by atoms with Crippen LogP contribution in [0.1, 0.15) is 17.4 Å². The Morgan fingerprint density at radius 1 is 1.17 bits per heavy atom. The second-order valence-electron chi connectivity index (χ2n) is 4.14. The molecule has 0 saturated carbocycles. The third kappa shape index (κ3) is 2.25. The number of thiophene rings is 1. The Kier molecular flexibility index (Phi) is 3.04. The van der Waals surface area contributed by atoms with Gasteiger partial charge in [0.05, 0.1) is 22.9 Å². The van der Waals surface area contributed by atoms with Crippen LogP contribution < -0.4 is 0 Å². The summed E-state index contributed by atoms with van der Waals surface area (Å²) in [6.45, 7) is 0. The molecule has 1 atom stereocenters. The molecule has 4 heteroatoms. The highest BCUT2D eigenvalue weighted by Crippen LogP contribution is 2.19. The third-order valence-corrected chi connectivity index (χ3v) is 3.55. The van der Waals surface area contributed by atoms with Gasteiger partial charge in [-0.1, -0.05) is 12.1 Å². The molecule has 3 rings (SSSR count). The Hall–Kier alpha value is -1.78. The molecule has 1 aromatic carbocycles. The molecule has 0 aliphatic carbocycles. The highest BCUT2D eigenvalue weighted by atomic mass is 32.1. The fourth-order valence-corrected chi connectivity index (χ4v) is 2.55. The topological polar surface area (TPSA) is 46.0 Å². The van der Waals surface area contributed by atoms with E-state index in [4.69, 9.17) is 0 Å². The molecule has 18 heavy (non-hydrogen) atoms. The molecule has 90 valence electrons. The first-order valence-electron chi connectivity index (χ1n) is 5.74. The Morgan fingerprint density at radius 2 is 2.00 bits per heavy atom. The van der Waals surface area contributed by atoms with Gasteiger partial charge in [-0.05, 0) is 34.5 Å². The Labute approximate surface area is 109 Å². The van der Waals surface area contributed by atoms with Crippen molar-refractivity contribution in [3.05, 3.63) is 58.5 Å². The van der Waals surface area contributed by atoms with E-state index in [2.05, 4.69) is 9.97 Å². The van der Waals surface area contributed by atoms with Crippen LogP contribution >= 0.6 is 11.3 Å². The van der Waals surface area contributed by atoms with Gasteiger partial charge >= 0.3 is 0 Å². The number of hydrogen-bond acceptors (Lipinski definition) is 4. The molecule has 1 unspecified atom stereocenters. The van der Waals surface area contributed by atoms with Crippen LogP contribution in [0, 0.1) is 0 Å². The van der Waals surface area contributed by atoms with Gasteiger partial charge in [0.15, 0.2) is 0 Å². The molecule has 0 aliphatic heterocycles. The number of hydrogen-bond donors (Lipinski definition) is 1. The molecular formula is C14H12N2OS. The monoisotopic (exact) mass is 256 g/mol. The summed E-state index contributed by atoms with van der Waals surface area (Å²) in [6, 6.07) is 9.69. The summed E-state index contributed by atoms with van der Waals surface area (Å²) in [4.78, 5) is 8.76. The van der Waals surface area contributed by atoms with Gasteiger partial charge in [0.1, 0.15) is 6.10 Å². The van der Waals surface area contributed by atoms with Crippen molar-refractivity contribution in [2.24, 2.45) is 0 Å². The van der Waals surface area contributed by atoms with Crippen LogP contribution in [-0.2, 0) is 6.42 Å². The maximum atomic E-state index is 10.2. The van der Waals surface area contributed by atoms with Crippen molar-refractivity contribution in [2.45, 2.75) is 12.5 Å². The predicted octanol–water partition coefficient (Wildman–Crippen LogP) is 2.97. The lowest BCUT2D eigenvalue weighted by Gasteiger charge is -2.09. The maximum absolute atomic E-state index is 10.2. The van der Waals surface area contributed by atoms with Gasteiger partial charge in [-0.15, -0.1) is 0 Å². The first kappa shape index (κ1) is 11.3.